The molecule has 1 heterocycles. The number of nitrogen functional groups attached to an aromatic ring is 1. The number of anilines is 1. The lowest BCUT2D eigenvalue weighted by atomic mass is 10.0. The van der Waals surface area contributed by atoms with Gasteiger partial charge in [0.25, 0.3) is 0 Å². The van der Waals surface area contributed by atoms with E-state index in [0.29, 0.717) is 0 Å². The number of aromatic nitrogens is 1. The molecule has 0 radical (unpaired) electrons. The third-order valence-electron chi connectivity index (χ3n) is 3.17. The molecule has 0 saturated heterocycles. The molecule has 2 aromatic carbocycles. The number of benzene rings is 2. The van der Waals surface area contributed by atoms with E-state index in [9.17, 15) is 0 Å². The molecule has 3 rings (SSSR count). The molecule has 0 aliphatic carbocycles. The summed E-state index contributed by atoms with van der Waals surface area (Å²) in [6, 6.07) is 12.0. The molecule has 0 aliphatic heterocycles. The first-order valence-corrected chi connectivity index (χ1v) is 6.77. The van der Waals surface area contributed by atoms with Crippen molar-refractivity contribution in [1.82, 2.24) is 4.37 Å². The van der Waals surface area contributed by atoms with Crippen LogP contribution in [-0.2, 0) is 0 Å². The Morgan fingerprint density at radius 3 is 2.84 bits per heavy atom. The van der Waals surface area contributed by atoms with Crippen LogP contribution in [0.4, 0.5) is 5.69 Å². The van der Waals surface area contributed by atoms with E-state index in [-0.39, 0.29) is 0 Å². The number of hydrogen-bond donors (Lipinski definition) is 1. The van der Waals surface area contributed by atoms with Gasteiger partial charge in [0.1, 0.15) is 5.75 Å². The minimum Gasteiger partial charge on any atom is -0.496 e. The molecule has 0 bridgehead atoms. The van der Waals surface area contributed by atoms with Gasteiger partial charge in [-0.15, -0.1) is 0 Å². The Morgan fingerprint density at radius 1 is 1.21 bits per heavy atom. The van der Waals surface area contributed by atoms with E-state index in [1.165, 1.54) is 11.5 Å². The molecule has 0 fully saturated rings. The zero-order valence-corrected chi connectivity index (χ0v) is 11.6. The molecule has 0 spiro atoms. The van der Waals surface area contributed by atoms with E-state index in [4.69, 9.17) is 10.5 Å². The van der Waals surface area contributed by atoms with Gasteiger partial charge in [0.05, 0.1) is 17.5 Å². The smallest absolute Gasteiger partial charge is 0.131 e. The highest BCUT2D eigenvalue weighted by Gasteiger charge is 2.14. The lowest BCUT2D eigenvalue weighted by molar-refractivity contribution is 0.413. The Hall–Kier alpha value is -2.07. The van der Waals surface area contributed by atoms with Gasteiger partial charge >= 0.3 is 0 Å². The SMILES string of the molecule is COc1c(C)cccc1-c1nsc2ccc(N)cc12. The van der Waals surface area contributed by atoms with Crippen molar-refractivity contribution in [2.45, 2.75) is 6.92 Å². The number of nitrogens with two attached hydrogens (primary N) is 1. The molecule has 0 saturated carbocycles. The summed E-state index contributed by atoms with van der Waals surface area (Å²) in [5.41, 5.74) is 9.68. The number of aryl methyl sites for hydroxylation is 1. The van der Waals surface area contributed by atoms with Gasteiger partial charge in [-0.05, 0) is 48.3 Å². The molecule has 3 nitrogen and oxygen atoms in total. The van der Waals surface area contributed by atoms with Crippen molar-refractivity contribution in [2.24, 2.45) is 0 Å². The van der Waals surface area contributed by atoms with Gasteiger partial charge in [-0.3, -0.25) is 0 Å². The summed E-state index contributed by atoms with van der Waals surface area (Å²) < 4.78 is 11.2. The molecular weight excluding hydrogens is 256 g/mol. The van der Waals surface area contributed by atoms with Gasteiger partial charge < -0.3 is 10.5 Å². The zero-order valence-electron chi connectivity index (χ0n) is 10.8. The molecule has 4 heteroatoms. The Morgan fingerprint density at radius 2 is 2.05 bits per heavy atom. The van der Waals surface area contributed by atoms with Gasteiger partial charge in [0.2, 0.25) is 0 Å². The van der Waals surface area contributed by atoms with Crippen LogP contribution in [0.5, 0.6) is 5.75 Å². The molecular formula is C15H14N2OS. The second-order valence-electron chi connectivity index (χ2n) is 4.44. The Bertz CT molecular complexity index is 749. The van der Waals surface area contributed by atoms with Crippen LogP contribution in [0.3, 0.4) is 0 Å². The molecule has 96 valence electrons. The van der Waals surface area contributed by atoms with Crippen LogP contribution < -0.4 is 10.5 Å². The van der Waals surface area contributed by atoms with E-state index in [1.807, 2.05) is 43.3 Å². The van der Waals surface area contributed by atoms with E-state index >= 15 is 0 Å². The van der Waals surface area contributed by atoms with Crippen molar-refractivity contribution < 1.29 is 4.74 Å². The van der Waals surface area contributed by atoms with E-state index in [0.717, 1.165) is 38.3 Å². The molecule has 0 aliphatic rings. The lowest BCUT2D eigenvalue weighted by Gasteiger charge is -2.09. The van der Waals surface area contributed by atoms with Crippen LogP contribution in [0.25, 0.3) is 21.3 Å². The second-order valence-corrected chi connectivity index (χ2v) is 5.25. The van der Waals surface area contributed by atoms with Crippen LogP contribution in [0.2, 0.25) is 0 Å². The topological polar surface area (TPSA) is 48.1 Å². The number of nitrogens with zero attached hydrogens (tertiary/aromatic N) is 1. The highest BCUT2D eigenvalue weighted by Crippen LogP contribution is 2.38. The lowest BCUT2D eigenvalue weighted by Crippen LogP contribution is -1.91. The summed E-state index contributed by atoms with van der Waals surface area (Å²) in [7, 11) is 1.69. The number of ether oxygens (including phenoxy) is 1. The third-order valence-corrected chi connectivity index (χ3v) is 3.99. The average molecular weight is 270 g/mol. The largest absolute Gasteiger partial charge is 0.496 e. The quantitative estimate of drug-likeness (QED) is 0.719. The Kier molecular flexibility index (Phi) is 2.87. The van der Waals surface area contributed by atoms with Crippen LogP contribution in [0.15, 0.2) is 36.4 Å². The monoisotopic (exact) mass is 270 g/mol. The zero-order chi connectivity index (χ0) is 13.4. The second kappa shape index (κ2) is 4.55. The molecule has 0 unspecified atom stereocenters. The Labute approximate surface area is 115 Å². The highest BCUT2D eigenvalue weighted by atomic mass is 32.1. The fourth-order valence-electron chi connectivity index (χ4n) is 2.26. The van der Waals surface area contributed by atoms with Crippen molar-refractivity contribution in [2.75, 3.05) is 12.8 Å². The van der Waals surface area contributed by atoms with E-state index in [1.54, 1.807) is 7.11 Å². The van der Waals surface area contributed by atoms with Gasteiger partial charge in [0, 0.05) is 16.6 Å². The van der Waals surface area contributed by atoms with Crippen LogP contribution >= 0.6 is 11.5 Å². The number of para-hydroxylation sites is 1. The van der Waals surface area contributed by atoms with Crippen LogP contribution in [-0.4, -0.2) is 11.5 Å². The molecule has 2 N–H and O–H groups in total. The summed E-state index contributed by atoms with van der Waals surface area (Å²) >= 11 is 1.48. The van der Waals surface area contributed by atoms with Crippen molar-refractivity contribution in [1.29, 1.82) is 0 Å². The van der Waals surface area contributed by atoms with Crippen molar-refractivity contribution >= 4 is 27.3 Å². The van der Waals surface area contributed by atoms with Crippen LogP contribution in [0.1, 0.15) is 5.56 Å². The van der Waals surface area contributed by atoms with Crippen LogP contribution in [0, 0.1) is 6.92 Å². The van der Waals surface area contributed by atoms with Gasteiger partial charge in [-0.1, -0.05) is 12.1 Å². The maximum absolute atomic E-state index is 5.88. The van der Waals surface area contributed by atoms with Crippen molar-refractivity contribution in [3.05, 3.63) is 42.0 Å². The molecule has 3 aromatic rings. The first kappa shape index (κ1) is 12.0. The molecule has 19 heavy (non-hydrogen) atoms. The fourth-order valence-corrected chi connectivity index (χ4v) is 3.03. The Balaban J connectivity index is 2.30. The summed E-state index contributed by atoms with van der Waals surface area (Å²) in [5, 5.41) is 1.08. The summed E-state index contributed by atoms with van der Waals surface area (Å²) in [6.45, 7) is 2.03. The maximum atomic E-state index is 5.88. The summed E-state index contributed by atoms with van der Waals surface area (Å²) in [5.74, 6) is 0.872. The predicted molar refractivity (Wildman–Crippen MR) is 80.8 cm³/mol. The standard InChI is InChI=1S/C15H14N2OS/c1-9-4-3-5-11(15(9)18-2)14-12-8-10(16)6-7-13(12)19-17-14/h3-8H,16H2,1-2H3. The average Bonchev–Trinajstić information content (AvgIpc) is 2.81. The first-order valence-electron chi connectivity index (χ1n) is 5.99. The number of rotatable bonds is 2. The molecule has 1 aromatic heterocycles. The summed E-state index contributed by atoms with van der Waals surface area (Å²) in [4.78, 5) is 0. The third kappa shape index (κ3) is 1.94. The summed E-state index contributed by atoms with van der Waals surface area (Å²) in [6.07, 6.45) is 0. The fraction of sp³-hybridized carbons (Fsp3) is 0.133. The van der Waals surface area contributed by atoms with Gasteiger partial charge in [0.15, 0.2) is 0 Å². The molecule has 0 atom stereocenters. The number of hydrogen-bond acceptors (Lipinski definition) is 4. The first-order chi connectivity index (χ1) is 9.20. The minimum absolute atomic E-state index is 0.751. The van der Waals surface area contributed by atoms with Gasteiger partial charge in [-0.2, -0.15) is 4.37 Å². The minimum atomic E-state index is 0.751. The molecule has 0 amide bonds. The van der Waals surface area contributed by atoms with Gasteiger partial charge in [-0.25, -0.2) is 0 Å². The highest BCUT2D eigenvalue weighted by molar-refractivity contribution is 7.13. The van der Waals surface area contributed by atoms with Crippen molar-refractivity contribution in [3.63, 3.8) is 0 Å². The van der Waals surface area contributed by atoms with Crippen molar-refractivity contribution in [3.8, 4) is 17.0 Å². The maximum Gasteiger partial charge on any atom is 0.131 e. The normalized spacial score (nSPS) is 10.8. The van der Waals surface area contributed by atoms with E-state index in [2.05, 4.69) is 4.37 Å². The predicted octanol–water partition coefficient (Wildman–Crippen LogP) is 3.86. The van der Waals surface area contributed by atoms with E-state index < -0.39 is 0 Å². The number of fused-ring (bicyclic) bond motifs is 1. The number of methoxy groups -OCH3 is 1.